The fourth-order valence-corrected chi connectivity index (χ4v) is 0.503. The topological polar surface area (TPSA) is 57.9 Å². The molecular formula is C3H4FNO2S. The Kier molecular flexibility index (Phi) is 2.42. The molecule has 0 aromatic carbocycles. The molecule has 0 radical (unpaired) electrons. The van der Waals surface area contributed by atoms with E-state index in [0.29, 0.717) is 0 Å². The molecular weight excluding hydrogens is 133 g/mol. The predicted molar refractivity (Wildman–Crippen MR) is 25.1 cm³/mol. The van der Waals surface area contributed by atoms with Crippen LogP contribution < -0.4 is 0 Å². The van der Waals surface area contributed by atoms with E-state index in [1.165, 1.54) is 6.07 Å². The van der Waals surface area contributed by atoms with E-state index in [1.54, 1.807) is 0 Å². The number of hydrogen-bond donors (Lipinski definition) is 0. The van der Waals surface area contributed by atoms with Gasteiger partial charge in [0, 0.05) is 0 Å². The standard InChI is InChI=1S/C3H4FNO2S/c4-8(6,7)3-1-2-5/h1,3H2. The van der Waals surface area contributed by atoms with Crippen LogP contribution in [0.25, 0.3) is 0 Å². The average Bonchev–Trinajstić information content (AvgIpc) is 1.59. The van der Waals surface area contributed by atoms with Gasteiger partial charge in [-0.15, -0.1) is 3.89 Å². The van der Waals surface area contributed by atoms with Crippen LogP contribution in [0.4, 0.5) is 3.89 Å². The summed E-state index contributed by atoms with van der Waals surface area (Å²) in [6.07, 6.45) is -0.279. The van der Waals surface area contributed by atoms with Crippen LogP contribution in [0.3, 0.4) is 0 Å². The van der Waals surface area contributed by atoms with Crippen molar-refractivity contribution in [2.45, 2.75) is 6.42 Å². The maximum Gasteiger partial charge on any atom is 0.303 e. The quantitative estimate of drug-likeness (QED) is 0.511. The molecule has 3 nitrogen and oxygen atoms in total. The monoisotopic (exact) mass is 137 g/mol. The fraction of sp³-hybridized carbons (Fsp3) is 0.667. The third-order valence-corrected chi connectivity index (χ3v) is 1.15. The van der Waals surface area contributed by atoms with Crippen molar-refractivity contribution in [3.8, 4) is 6.07 Å². The molecule has 0 aliphatic carbocycles. The molecule has 0 N–H and O–H groups in total. The number of hydrogen-bond acceptors (Lipinski definition) is 3. The minimum absolute atomic E-state index is 0.279. The fourth-order valence-electron chi connectivity index (χ4n) is 0.168. The highest BCUT2D eigenvalue weighted by Gasteiger charge is 2.03. The van der Waals surface area contributed by atoms with Crippen LogP contribution in [0.1, 0.15) is 6.42 Å². The van der Waals surface area contributed by atoms with Crippen molar-refractivity contribution in [2.75, 3.05) is 5.75 Å². The third-order valence-electron chi connectivity index (χ3n) is 0.458. The third kappa shape index (κ3) is 5.37. The van der Waals surface area contributed by atoms with Crippen LogP contribution in [0.2, 0.25) is 0 Å². The molecule has 0 aliphatic rings. The van der Waals surface area contributed by atoms with Crippen LogP contribution >= 0.6 is 0 Å². The maximum atomic E-state index is 11.4. The lowest BCUT2D eigenvalue weighted by molar-refractivity contribution is 0.552. The minimum atomic E-state index is -4.41. The average molecular weight is 137 g/mol. The number of halogens is 1. The van der Waals surface area contributed by atoms with E-state index >= 15 is 0 Å². The number of rotatable bonds is 2. The summed E-state index contributed by atoms with van der Waals surface area (Å²) in [5, 5.41) is 7.75. The Morgan fingerprint density at radius 1 is 1.62 bits per heavy atom. The molecule has 0 saturated carbocycles. The first-order valence-corrected chi connectivity index (χ1v) is 3.41. The van der Waals surface area contributed by atoms with Gasteiger partial charge in [0.05, 0.1) is 18.2 Å². The summed E-state index contributed by atoms with van der Waals surface area (Å²) in [5.74, 6) is -0.691. The lowest BCUT2D eigenvalue weighted by Crippen LogP contribution is -1.95. The second-order valence-corrected chi connectivity index (χ2v) is 2.64. The zero-order chi connectivity index (χ0) is 6.62. The van der Waals surface area contributed by atoms with Gasteiger partial charge in [0.15, 0.2) is 0 Å². The van der Waals surface area contributed by atoms with Gasteiger partial charge in [-0.3, -0.25) is 0 Å². The van der Waals surface area contributed by atoms with Gasteiger partial charge >= 0.3 is 10.2 Å². The van der Waals surface area contributed by atoms with Crippen LogP contribution in [0.5, 0.6) is 0 Å². The highest BCUT2D eigenvalue weighted by atomic mass is 32.3. The molecule has 0 saturated heterocycles. The lowest BCUT2D eigenvalue weighted by atomic mass is 10.6. The van der Waals surface area contributed by atoms with Crippen molar-refractivity contribution >= 4 is 10.2 Å². The molecule has 0 heterocycles. The smallest absolute Gasteiger partial charge is 0.198 e. The second kappa shape index (κ2) is 2.62. The molecule has 0 aromatic heterocycles. The summed E-state index contributed by atoms with van der Waals surface area (Å²) >= 11 is 0. The van der Waals surface area contributed by atoms with Gasteiger partial charge in [0.25, 0.3) is 0 Å². The van der Waals surface area contributed by atoms with Crippen molar-refractivity contribution in [3.63, 3.8) is 0 Å². The van der Waals surface area contributed by atoms with E-state index in [4.69, 9.17) is 5.26 Å². The first-order valence-electron chi connectivity index (χ1n) is 1.85. The summed E-state index contributed by atoms with van der Waals surface area (Å²) in [6, 6.07) is 1.51. The van der Waals surface area contributed by atoms with Gasteiger partial charge in [0.1, 0.15) is 0 Å². The largest absolute Gasteiger partial charge is 0.303 e. The van der Waals surface area contributed by atoms with E-state index in [0.717, 1.165) is 0 Å². The van der Waals surface area contributed by atoms with Gasteiger partial charge in [0.2, 0.25) is 0 Å². The number of nitriles is 1. The lowest BCUT2D eigenvalue weighted by Gasteiger charge is -1.81. The molecule has 0 spiro atoms. The van der Waals surface area contributed by atoms with Crippen molar-refractivity contribution < 1.29 is 12.3 Å². The zero-order valence-electron chi connectivity index (χ0n) is 3.96. The van der Waals surface area contributed by atoms with Gasteiger partial charge in [-0.05, 0) is 0 Å². The minimum Gasteiger partial charge on any atom is -0.198 e. The molecule has 0 atom stereocenters. The Morgan fingerprint density at radius 2 is 2.12 bits per heavy atom. The van der Waals surface area contributed by atoms with Gasteiger partial charge in [-0.25, -0.2) is 0 Å². The molecule has 0 bridgehead atoms. The highest BCUT2D eigenvalue weighted by Crippen LogP contribution is 1.91. The predicted octanol–water partition coefficient (Wildman–Crippen LogP) is 0.199. The molecule has 0 amide bonds. The van der Waals surface area contributed by atoms with Gasteiger partial charge in [-0.2, -0.15) is 13.7 Å². The molecule has 0 aliphatic heterocycles. The van der Waals surface area contributed by atoms with Crippen LogP contribution in [-0.4, -0.2) is 14.2 Å². The van der Waals surface area contributed by atoms with Crippen molar-refractivity contribution in [3.05, 3.63) is 0 Å². The maximum absolute atomic E-state index is 11.4. The van der Waals surface area contributed by atoms with Crippen LogP contribution in [-0.2, 0) is 10.2 Å². The Morgan fingerprint density at radius 3 is 2.25 bits per heavy atom. The molecule has 0 fully saturated rings. The number of nitrogens with zero attached hydrogens (tertiary/aromatic N) is 1. The van der Waals surface area contributed by atoms with Gasteiger partial charge < -0.3 is 0 Å². The Bertz CT molecular complexity index is 190. The Labute approximate surface area is 46.9 Å². The van der Waals surface area contributed by atoms with E-state index in [-0.39, 0.29) is 6.42 Å². The molecule has 0 rings (SSSR count). The summed E-state index contributed by atoms with van der Waals surface area (Å²) in [5.41, 5.74) is 0. The van der Waals surface area contributed by atoms with E-state index < -0.39 is 16.0 Å². The molecule has 5 heteroatoms. The summed E-state index contributed by atoms with van der Waals surface area (Å²) in [6.45, 7) is 0. The SMILES string of the molecule is N#CCCS(=O)(=O)F. The highest BCUT2D eigenvalue weighted by molar-refractivity contribution is 7.86. The molecule has 0 aromatic rings. The van der Waals surface area contributed by atoms with Crippen LogP contribution in [0.15, 0.2) is 0 Å². The van der Waals surface area contributed by atoms with E-state index in [1.807, 2.05) is 0 Å². The Balaban J connectivity index is 3.63. The Hall–Kier alpha value is -0.630. The summed E-state index contributed by atoms with van der Waals surface area (Å²) in [4.78, 5) is 0. The first kappa shape index (κ1) is 7.37. The molecule has 46 valence electrons. The second-order valence-electron chi connectivity index (χ2n) is 1.15. The molecule has 0 unspecified atom stereocenters. The normalized spacial score (nSPS) is 10.5. The van der Waals surface area contributed by atoms with E-state index in [9.17, 15) is 12.3 Å². The summed E-state index contributed by atoms with van der Waals surface area (Å²) < 4.78 is 30.5. The van der Waals surface area contributed by atoms with Crippen molar-refractivity contribution in [1.29, 1.82) is 5.26 Å². The van der Waals surface area contributed by atoms with Crippen molar-refractivity contribution in [2.24, 2.45) is 0 Å². The molecule has 8 heavy (non-hydrogen) atoms. The first-order chi connectivity index (χ1) is 3.56. The summed E-state index contributed by atoms with van der Waals surface area (Å²) in [7, 11) is -4.41. The van der Waals surface area contributed by atoms with E-state index in [2.05, 4.69) is 0 Å². The van der Waals surface area contributed by atoms with Crippen molar-refractivity contribution in [1.82, 2.24) is 0 Å². The van der Waals surface area contributed by atoms with Crippen LogP contribution in [0, 0.1) is 11.3 Å². The van der Waals surface area contributed by atoms with Gasteiger partial charge in [-0.1, -0.05) is 0 Å². The zero-order valence-corrected chi connectivity index (χ0v) is 4.78.